The average Bonchev–Trinajstić information content (AvgIpc) is 2.89. The third-order valence-corrected chi connectivity index (χ3v) is 8.50. The fourth-order valence-corrected chi connectivity index (χ4v) is 6.34. The van der Waals surface area contributed by atoms with Crippen molar-refractivity contribution in [3.8, 4) is 0 Å². The molecule has 2 aromatic rings. The molecule has 1 atom stereocenters. The third-order valence-electron chi connectivity index (χ3n) is 5.90. The van der Waals surface area contributed by atoms with Gasteiger partial charge in [0, 0.05) is 29.7 Å². The molecular weight excluding hydrogens is 449 g/mol. The van der Waals surface area contributed by atoms with Crippen molar-refractivity contribution in [2.45, 2.75) is 47.8 Å². The molecule has 0 aromatic heterocycles. The Morgan fingerprint density at radius 1 is 1.19 bits per heavy atom. The summed E-state index contributed by atoms with van der Waals surface area (Å²) in [6.45, 7) is 4.76. The third kappa shape index (κ3) is 5.89. The van der Waals surface area contributed by atoms with Crippen LogP contribution in [0.4, 0.5) is 10.1 Å². The highest BCUT2D eigenvalue weighted by Crippen LogP contribution is 2.36. The van der Waals surface area contributed by atoms with Crippen LogP contribution < -0.4 is 10.0 Å². The van der Waals surface area contributed by atoms with Gasteiger partial charge in [0.05, 0.1) is 10.6 Å². The Morgan fingerprint density at radius 2 is 1.97 bits per heavy atom. The fraction of sp³-hybridized carbons (Fsp3) is 0.435. The molecule has 0 bridgehead atoms. The molecule has 0 aliphatic carbocycles. The Labute approximate surface area is 193 Å². The number of halogens is 1. The van der Waals surface area contributed by atoms with E-state index in [1.54, 1.807) is 42.1 Å². The lowest BCUT2D eigenvalue weighted by Crippen LogP contribution is -2.38. The minimum atomic E-state index is -3.67. The van der Waals surface area contributed by atoms with Gasteiger partial charge in [-0.1, -0.05) is 19.1 Å². The van der Waals surface area contributed by atoms with Crippen molar-refractivity contribution in [3.63, 3.8) is 0 Å². The first-order valence-electron chi connectivity index (χ1n) is 10.9. The fourth-order valence-electron chi connectivity index (χ4n) is 4.15. The number of hydrogen-bond acceptors (Lipinski definition) is 5. The molecule has 2 aliphatic heterocycles. The van der Waals surface area contributed by atoms with Gasteiger partial charge in [0.2, 0.25) is 15.9 Å². The molecule has 4 rings (SSSR count). The van der Waals surface area contributed by atoms with Crippen molar-refractivity contribution < 1.29 is 17.6 Å². The van der Waals surface area contributed by atoms with Crippen LogP contribution in [0.1, 0.15) is 31.7 Å². The van der Waals surface area contributed by atoms with Crippen LogP contribution in [0.25, 0.3) is 0 Å². The van der Waals surface area contributed by atoms with Gasteiger partial charge in [-0.15, -0.1) is 11.8 Å². The van der Waals surface area contributed by atoms with E-state index in [1.165, 1.54) is 6.07 Å². The molecule has 0 radical (unpaired) electrons. The highest BCUT2D eigenvalue weighted by atomic mass is 32.2. The Hall–Kier alpha value is -1.94. The predicted octanol–water partition coefficient (Wildman–Crippen LogP) is 3.84. The second kappa shape index (κ2) is 9.91. The Kier molecular flexibility index (Phi) is 7.19. The summed E-state index contributed by atoms with van der Waals surface area (Å²) in [5, 5.41) is 2.96. The molecule has 2 aliphatic rings. The molecule has 0 unspecified atom stereocenters. The van der Waals surface area contributed by atoms with Crippen molar-refractivity contribution in [1.29, 1.82) is 0 Å². The number of amides is 1. The van der Waals surface area contributed by atoms with Gasteiger partial charge >= 0.3 is 0 Å². The summed E-state index contributed by atoms with van der Waals surface area (Å²) in [7, 11) is -3.67. The number of thioether (sulfide) groups is 1. The second-order valence-electron chi connectivity index (χ2n) is 8.54. The molecular formula is C23H28FN3O3S2. The summed E-state index contributed by atoms with van der Waals surface area (Å²) >= 11 is 1.57. The van der Waals surface area contributed by atoms with Crippen LogP contribution in [0, 0.1) is 11.7 Å². The minimum absolute atomic E-state index is 0.101. The molecule has 2 N–H and O–H groups in total. The number of sulfonamides is 1. The number of hydrogen-bond donors (Lipinski definition) is 2. The van der Waals surface area contributed by atoms with Crippen LogP contribution in [-0.2, 0) is 21.4 Å². The molecule has 0 saturated carbocycles. The standard InChI is InChI=1S/C23H28FN3O3S2/c1-16-11-23(28)26-21-13-20(5-6-22(21)31-16)32(29,30)25-14-17-7-9-27(10-8-17)15-18-3-2-4-19(24)12-18/h2-6,12-13,16-17,25H,7-11,14-15H2,1H3,(H,26,28)/t16-/m1/s1. The summed E-state index contributed by atoms with van der Waals surface area (Å²) in [5.74, 6) is -0.0704. The van der Waals surface area contributed by atoms with Crippen LogP contribution >= 0.6 is 11.8 Å². The number of rotatable bonds is 6. The summed E-state index contributed by atoms with van der Waals surface area (Å²) in [6.07, 6.45) is 2.16. The van der Waals surface area contributed by atoms with E-state index in [0.717, 1.165) is 36.4 Å². The van der Waals surface area contributed by atoms with E-state index < -0.39 is 10.0 Å². The average molecular weight is 478 g/mol. The smallest absolute Gasteiger partial charge is 0.240 e. The lowest BCUT2D eigenvalue weighted by molar-refractivity contribution is -0.116. The zero-order valence-electron chi connectivity index (χ0n) is 18.0. The lowest BCUT2D eigenvalue weighted by Gasteiger charge is -2.32. The van der Waals surface area contributed by atoms with E-state index in [4.69, 9.17) is 0 Å². The topological polar surface area (TPSA) is 78.5 Å². The van der Waals surface area contributed by atoms with E-state index >= 15 is 0 Å². The number of piperidine rings is 1. The molecule has 1 fully saturated rings. The van der Waals surface area contributed by atoms with Crippen molar-refractivity contribution in [3.05, 3.63) is 53.8 Å². The highest BCUT2D eigenvalue weighted by molar-refractivity contribution is 8.00. The van der Waals surface area contributed by atoms with Crippen molar-refractivity contribution in [2.75, 3.05) is 25.0 Å². The maximum Gasteiger partial charge on any atom is 0.240 e. The van der Waals surface area contributed by atoms with Crippen LogP contribution in [0.2, 0.25) is 0 Å². The predicted molar refractivity (Wildman–Crippen MR) is 125 cm³/mol. The van der Waals surface area contributed by atoms with Gasteiger partial charge in [-0.2, -0.15) is 0 Å². The summed E-state index contributed by atoms with van der Waals surface area (Å²) in [5.41, 5.74) is 1.50. The zero-order chi connectivity index (χ0) is 22.7. The highest BCUT2D eigenvalue weighted by Gasteiger charge is 2.24. The normalized spacial score (nSPS) is 20.4. The van der Waals surface area contributed by atoms with E-state index in [0.29, 0.717) is 25.2 Å². The van der Waals surface area contributed by atoms with Gasteiger partial charge in [-0.25, -0.2) is 17.5 Å². The van der Waals surface area contributed by atoms with Crippen LogP contribution in [-0.4, -0.2) is 44.1 Å². The molecule has 2 heterocycles. The molecule has 1 saturated heterocycles. The second-order valence-corrected chi connectivity index (χ2v) is 11.8. The summed E-state index contributed by atoms with van der Waals surface area (Å²) < 4.78 is 41.8. The van der Waals surface area contributed by atoms with Crippen molar-refractivity contribution >= 4 is 33.4 Å². The summed E-state index contributed by atoms with van der Waals surface area (Å²) in [6, 6.07) is 11.6. The van der Waals surface area contributed by atoms with E-state index in [-0.39, 0.29) is 27.8 Å². The van der Waals surface area contributed by atoms with E-state index in [2.05, 4.69) is 14.9 Å². The van der Waals surface area contributed by atoms with E-state index in [1.807, 2.05) is 13.0 Å². The number of anilines is 1. The Bertz CT molecular complexity index is 1090. The van der Waals surface area contributed by atoms with Gasteiger partial charge in [0.1, 0.15) is 5.82 Å². The largest absolute Gasteiger partial charge is 0.325 e. The van der Waals surface area contributed by atoms with Gasteiger partial charge in [-0.3, -0.25) is 9.69 Å². The molecule has 6 nitrogen and oxygen atoms in total. The number of carbonyl (C=O) groups is 1. The molecule has 32 heavy (non-hydrogen) atoms. The first kappa shape index (κ1) is 23.2. The van der Waals surface area contributed by atoms with E-state index in [9.17, 15) is 17.6 Å². The molecule has 1 amide bonds. The number of likely N-dealkylation sites (tertiary alicyclic amines) is 1. The molecule has 9 heteroatoms. The zero-order valence-corrected chi connectivity index (χ0v) is 19.6. The molecule has 2 aromatic carbocycles. The number of carbonyl (C=O) groups excluding carboxylic acids is 1. The van der Waals surface area contributed by atoms with Crippen molar-refractivity contribution in [2.24, 2.45) is 5.92 Å². The minimum Gasteiger partial charge on any atom is -0.325 e. The number of nitrogens with zero attached hydrogens (tertiary/aromatic N) is 1. The summed E-state index contributed by atoms with van der Waals surface area (Å²) in [4.78, 5) is 15.3. The van der Waals surface area contributed by atoms with Crippen LogP contribution in [0.3, 0.4) is 0 Å². The molecule has 172 valence electrons. The number of fused-ring (bicyclic) bond motifs is 1. The van der Waals surface area contributed by atoms with Gasteiger partial charge in [0.15, 0.2) is 0 Å². The van der Waals surface area contributed by atoms with Crippen LogP contribution in [0.15, 0.2) is 52.3 Å². The molecule has 0 spiro atoms. The van der Waals surface area contributed by atoms with Gasteiger partial charge < -0.3 is 5.32 Å². The van der Waals surface area contributed by atoms with Crippen molar-refractivity contribution in [1.82, 2.24) is 9.62 Å². The number of nitrogens with one attached hydrogen (secondary N) is 2. The Balaban J connectivity index is 1.32. The quantitative estimate of drug-likeness (QED) is 0.661. The lowest BCUT2D eigenvalue weighted by atomic mass is 9.97. The Morgan fingerprint density at radius 3 is 2.72 bits per heavy atom. The maximum atomic E-state index is 13.4. The van der Waals surface area contributed by atoms with Gasteiger partial charge in [-0.05, 0) is 67.7 Å². The SMILES string of the molecule is C[C@@H]1CC(=O)Nc2cc(S(=O)(=O)NCC3CCN(Cc4cccc(F)c4)CC3)ccc2S1. The first-order valence-corrected chi connectivity index (χ1v) is 13.2. The number of benzene rings is 2. The first-order chi connectivity index (χ1) is 15.3. The maximum absolute atomic E-state index is 13.4. The van der Waals surface area contributed by atoms with Crippen LogP contribution in [0.5, 0.6) is 0 Å². The monoisotopic (exact) mass is 477 g/mol. The van der Waals surface area contributed by atoms with Gasteiger partial charge in [0.25, 0.3) is 0 Å².